The van der Waals surface area contributed by atoms with Gasteiger partial charge in [0, 0.05) is 5.54 Å². The van der Waals surface area contributed by atoms with Crippen LogP contribution in [0.2, 0.25) is 0 Å². The Morgan fingerprint density at radius 1 is 1.15 bits per heavy atom. The first kappa shape index (κ1) is 12.9. The van der Waals surface area contributed by atoms with Crippen molar-refractivity contribution in [1.82, 2.24) is 10.2 Å². The topological polar surface area (TPSA) is 52.6 Å². The Morgan fingerprint density at radius 2 is 1.65 bits per heavy atom. The average Bonchev–Trinajstić information content (AvgIpc) is 2.32. The fraction of sp³-hybridized carbons (Fsp3) is 0.938. The highest BCUT2D eigenvalue weighted by Crippen LogP contribution is 2.55. The largest absolute Gasteiger partial charge is 0.386 e. The van der Waals surface area contributed by atoms with E-state index in [1.165, 1.54) is 38.5 Å². The molecule has 0 unspecified atom stereocenters. The predicted molar refractivity (Wildman–Crippen MR) is 76.2 cm³/mol. The summed E-state index contributed by atoms with van der Waals surface area (Å²) in [5.41, 5.74) is -0.537. The van der Waals surface area contributed by atoms with Crippen LogP contribution < -0.4 is 5.32 Å². The molecule has 4 saturated carbocycles. The Morgan fingerprint density at radius 3 is 2.10 bits per heavy atom. The SMILES string of the molecule is CCC1(O)CN(C(=O)NC23CC4CC(CC(C4)C2)C3)C1. The first-order valence-electron chi connectivity index (χ1n) is 8.29. The molecule has 1 saturated heterocycles. The molecule has 0 radical (unpaired) electrons. The molecular formula is C16H26N2O2. The smallest absolute Gasteiger partial charge is 0.318 e. The maximum atomic E-state index is 12.4. The number of aliphatic hydroxyl groups is 1. The van der Waals surface area contributed by atoms with E-state index in [1.807, 2.05) is 6.92 Å². The lowest BCUT2D eigenvalue weighted by Crippen LogP contribution is -2.69. The zero-order valence-corrected chi connectivity index (χ0v) is 12.4. The summed E-state index contributed by atoms with van der Waals surface area (Å²) in [5.74, 6) is 2.56. The van der Waals surface area contributed by atoms with Crippen molar-refractivity contribution in [2.75, 3.05) is 13.1 Å². The number of urea groups is 1. The van der Waals surface area contributed by atoms with Gasteiger partial charge in [0.05, 0.1) is 18.7 Å². The number of rotatable bonds is 2. The first-order valence-corrected chi connectivity index (χ1v) is 8.29. The molecule has 20 heavy (non-hydrogen) atoms. The zero-order valence-electron chi connectivity index (χ0n) is 12.4. The lowest BCUT2D eigenvalue weighted by atomic mass is 9.53. The third-order valence-corrected chi connectivity index (χ3v) is 6.33. The second-order valence-electron chi connectivity index (χ2n) is 8.06. The van der Waals surface area contributed by atoms with E-state index in [4.69, 9.17) is 0 Å². The number of β-amino-alcohol motifs (C(OH)–C–C–N with tert-alkyl or cyclic N) is 1. The molecule has 0 aromatic heterocycles. The van der Waals surface area contributed by atoms with Crippen LogP contribution in [0.15, 0.2) is 0 Å². The van der Waals surface area contributed by atoms with Gasteiger partial charge in [0.1, 0.15) is 0 Å². The second kappa shape index (κ2) is 4.12. The zero-order chi connectivity index (χ0) is 14.0. The van der Waals surface area contributed by atoms with Gasteiger partial charge in [-0.15, -0.1) is 0 Å². The summed E-state index contributed by atoms with van der Waals surface area (Å²) in [6.07, 6.45) is 8.50. The normalized spacial score (nSPS) is 44.3. The third-order valence-electron chi connectivity index (χ3n) is 6.33. The summed E-state index contributed by atoms with van der Waals surface area (Å²) < 4.78 is 0. The van der Waals surface area contributed by atoms with Crippen LogP contribution in [-0.2, 0) is 0 Å². The van der Waals surface area contributed by atoms with Crippen LogP contribution in [0.25, 0.3) is 0 Å². The van der Waals surface area contributed by atoms with Gasteiger partial charge in [-0.1, -0.05) is 6.92 Å². The van der Waals surface area contributed by atoms with Gasteiger partial charge < -0.3 is 15.3 Å². The van der Waals surface area contributed by atoms with Gasteiger partial charge >= 0.3 is 6.03 Å². The maximum absolute atomic E-state index is 12.4. The number of likely N-dealkylation sites (tertiary alicyclic amines) is 1. The minimum Gasteiger partial charge on any atom is -0.386 e. The molecule has 0 aromatic rings. The molecule has 2 amide bonds. The van der Waals surface area contributed by atoms with E-state index >= 15 is 0 Å². The van der Waals surface area contributed by atoms with Crippen LogP contribution in [0.5, 0.6) is 0 Å². The average molecular weight is 278 g/mol. The monoisotopic (exact) mass is 278 g/mol. The van der Waals surface area contributed by atoms with Crippen LogP contribution in [0.3, 0.4) is 0 Å². The number of amides is 2. The number of hydrogen-bond acceptors (Lipinski definition) is 2. The van der Waals surface area contributed by atoms with Gasteiger partial charge in [-0.3, -0.25) is 0 Å². The Bertz CT molecular complexity index is 393. The van der Waals surface area contributed by atoms with Crippen LogP contribution in [-0.4, -0.2) is 40.3 Å². The summed E-state index contributed by atoms with van der Waals surface area (Å²) >= 11 is 0. The van der Waals surface area contributed by atoms with Crippen molar-refractivity contribution < 1.29 is 9.90 Å². The van der Waals surface area contributed by atoms with E-state index in [-0.39, 0.29) is 11.6 Å². The highest BCUT2D eigenvalue weighted by atomic mass is 16.3. The predicted octanol–water partition coefficient (Wildman–Crippen LogP) is 2.12. The molecular weight excluding hydrogens is 252 g/mol. The van der Waals surface area contributed by atoms with Gasteiger partial charge in [-0.25, -0.2) is 4.79 Å². The highest BCUT2D eigenvalue weighted by molar-refractivity contribution is 5.76. The van der Waals surface area contributed by atoms with Crippen LogP contribution in [0, 0.1) is 17.8 Å². The number of nitrogens with zero attached hydrogens (tertiary/aromatic N) is 1. The van der Waals surface area contributed by atoms with E-state index in [1.54, 1.807) is 4.90 Å². The van der Waals surface area contributed by atoms with Crippen molar-refractivity contribution in [2.24, 2.45) is 17.8 Å². The van der Waals surface area contributed by atoms with Crippen LogP contribution >= 0.6 is 0 Å². The third kappa shape index (κ3) is 1.95. The van der Waals surface area contributed by atoms with Gasteiger partial charge in [0.15, 0.2) is 0 Å². The van der Waals surface area contributed by atoms with E-state index in [2.05, 4.69) is 5.32 Å². The Labute approximate surface area is 120 Å². The molecule has 1 heterocycles. The summed E-state index contributed by atoms with van der Waals surface area (Å²) in [7, 11) is 0. The van der Waals surface area contributed by atoms with Crippen molar-refractivity contribution in [2.45, 2.75) is 63.0 Å². The van der Waals surface area contributed by atoms with Crippen molar-refractivity contribution in [3.63, 3.8) is 0 Å². The minimum atomic E-state index is -0.626. The molecule has 0 spiro atoms. The second-order valence-corrected chi connectivity index (χ2v) is 8.06. The molecule has 2 N–H and O–H groups in total. The van der Waals surface area contributed by atoms with E-state index < -0.39 is 5.60 Å². The molecule has 0 atom stereocenters. The lowest BCUT2D eigenvalue weighted by Gasteiger charge is -2.57. The Hall–Kier alpha value is -0.770. The molecule has 5 fully saturated rings. The maximum Gasteiger partial charge on any atom is 0.318 e. The standard InChI is InChI=1S/C16H26N2O2/c1-2-16(20)9-18(10-16)14(19)17-15-6-11-3-12(7-15)5-13(4-11)8-15/h11-13,20H,2-10H2,1H3,(H,17,19). The van der Waals surface area contributed by atoms with Crippen molar-refractivity contribution in [3.05, 3.63) is 0 Å². The molecule has 4 bridgehead atoms. The van der Waals surface area contributed by atoms with Crippen LogP contribution in [0.4, 0.5) is 4.79 Å². The number of nitrogens with one attached hydrogen (secondary N) is 1. The molecule has 5 aliphatic rings. The molecule has 112 valence electrons. The first-order chi connectivity index (χ1) is 9.49. The molecule has 5 rings (SSSR count). The van der Waals surface area contributed by atoms with Crippen molar-refractivity contribution in [1.29, 1.82) is 0 Å². The molecule has 4 nitrogen and oxygen atoms in total. The molecule has 0 aromatic carbocycles. The number of carbonyl (C=O) groups is 1. The van der Waals surface area contributed by atoms with Crippen molar-refractivity contribution >= 4 is 6.03 Å². The Balaban J connectivity index is 1.41. The summed E-state index contributed by atoms with van der Waals surface area (Å²) in [6.45, 7) is 2.98. The van der Waals surface area contributed by atoms with Crippen molar-refractivity contribution in [3.8, 4) is 0 Å². The molecule has 4 aliphatic carbocycles. The molecule has 1 aliphatic heterocycles. The van der Waals surface area contributed by atoms with Gasteiger partial charge in [-0.2, -0.15) is 0 Å². The summed E-state index contributed by atoms with van der Waals surface area (Å²) in [5, 5.41) is 13.4. The van der Waals surface area contributed by atoms with Gasteiger partial charge in [-0.05, 0) is 62.7 Å². The van der Waals surface area contributed by atoms with E-state index in [0.717, 1.165) is 24.2 Å². The van der Waals surface area contributed by atoms with E-state index in [0.29, 0.717) is 13.1 Å². The lowest BCUT2D eigenvalue weighted by molar-refractivity contribution is -0.0824. The minimum absolute atomic E-state index is 0.0603. The fourth-order valence-corrected chi connectivity index (χ4v) is 5.60. The highest BCUT2D eigenvalue weighted by Gasteiger charge is 2.52. The number of carbonyl (C=O) groups excluding carboxylic acids is 1. The number of hydrogen-bond donors (Lipinski definition) is 2. The van der Waals surface area contributed by atoms with Gasteiger partial charge in [0.25, 0.3) is 0 Å². The van der Waals surface area contributed by atoms with Gasteiger partial charge in [0.2, 0.25) is 0 Å². The summed E-state index contributed by atoms with van der Waals surface area (Å²) in [4.78, 5) is 14.2. The van der Waals surface area contributed by atoms with E-state index in [9.17, 15) is 9.90 Å². The quantitative estimate of drug-likeness (QED) is 0.813. The molecule has 4 heteroatoms. The summed E-state index contributed by atoms with van der Waals surface area (Å²) in [6, 6.07) is 0.0603. The fourth-order valence-electron chi connectivity index (χ4n) is 5.60. The van der Waals surface area contributed by atoms with Crippen LogP contribution in [0.1, 0.15) is 51.9 Å². The Kier molecular flexibility index (Phi) is 2.67.